The summed E-state index contributed by atoms with van der Waals surface area (Å²) in [5, 5.41) is 4.53. The first-order valence-corrected chi connectivity index (χ1v) is 7.98. The minimum absolute atomic E-state index is 0.700. The smallest absolute Gasteiger partial charge is 0.0700 e. The highest BCUT2D eigenvalue weighted by atomic mass is 32.2. The van der Waals surface area contributed by atoms with E-state index in [1.165, 1.54) is 25.7 Å². The van der Waals surface area contributed by atoms with Crippen LogP contribution in [0.5, 0.6) is 0 Å². The molecule has 102 valence electrons. The molecular weight excluding hydrogens is 234 g/mol. The largest absolute Gasteiger partial charge is 0.382 e. The van der Waals surface area contributed by atoms with Crippen LogP contribution in [0.3, 0.4) is 0 Å². The van der Waals surface area contributed by atoms with E-state index >= 15 is 0 Å². The van der Waals surface area contributed by atoms with Gasteiger partial charge in [-0.3, -0.25) is 0 Å². The summed E-state index contributed by atoms with van der Waals surface area (Å²) in [5.41, 5.74) is 0. The Morgan fingerprint density at radius 3 is 2.88 bits per heavy atom. The summed E-state index contributed by atoms with van der Waals surface area (Å²) < 4.78 is 10.4. The average Bonchev–Trinajstić information content (AvgIpc) is 2.38. The Hall–Kier alpha value is 0.230. The van der Waals surface area contributed by atoms with Gasteiger partial charge in [-0.15, -0.1) is 0 Å². The van der Waals surface area contributed by atoms with Gasteiger partial charge in [-0.1, -0.05) is 6.42 Å². The van der Waals surface area contributed by atoms with Crippen molar-refractivity contribution in [3.8, 4) is 0 Å². The number of thioether (sulfide) groups is 1. The maximum absolute atomic E-state index is 5.44. The van der Waals surface area contributed by atoms with E-state index in [1.54, 1.807) is 7.11 Å². The van der Waals surface area contributed by atoms with Gasteiger partial charge in [-0.05, 0) is 38.5 Å². The Bertz CT molecular complexity index is 181. The summed E-state index contributed by atoms with van der Waals surface area (Å²) in [4.78, 5) is 0. The van der Waals surface area contributed by atoms with Gasteiger partial charge in [0.1, 0.15) is 0 Å². The van der Waals surface area contributed by atoms with E-state index in [0.29, 0.717) is 13.2 Å². The first kappa shape index (κ1) is 15.3. The van der Waals surface area contributed by atoms with Gasteiger partial charge in [0.25, 0.3) is 0 Å². The maximum Gasteiger partial charge on any atom is 0.0700 e. The third kappa shape index (κ3) is 7.29. The van der Waals surface area contributed by atoms with Crippen molar-refractivity contribution in [2.24, 2.45) is 0 Å². The van der Waals surface area contributed by atoms with E-state index in [0.717, 1.165) is 30.9 Å². The third-order valence-electron chi connectivity index (χ3n) is 3.29. The zero-order valence-electron chi connectivity index (χ0n) is 11.2. The zero-order valence-corrected chi connectivity index (χ0v) is 12.1. The fourth-order valence-corrected chi connectivity index (χ4v) is 3.10. The van der Waals surface area contributed by atoms with Gasteiger partial charge in [-0.25, -0.2) is 0 Å². The van der Waals surface area contributed by atoms with Crippen molar-refractivity contribution in [3.63, 3.8) is 0 Å². The molecule has 0 aliphatic heterocycles. The number of ether oxygens (including phenoxy) is 2. The minimum Gasteiger partial charge on any atom is -0.382 e. The molecule has 0 saturated heterocycles. The lowest BCUT2D eigenvalue weighted by atomic mass is 9.95. The van der Waals surface area contributed by atoms with Crippen LogP contribution in [-0.2, 0) is 9.47 Å². The van der Waals surface area contributed by atoms with Crippen LogP contribution in [0.15, 0.2) is 0 Å². The SMILES string of the molecule is COCCOCCCNC1CCCC(SC)C1. The molecule has 1 N–H and O–H groups in total. The number of hydrogen-bond donors (Lipinski definition) is 1. The molecule has 3 nitrogen and oxygen atoms in total. The molecule has 1 fully saturated rings. The van der Waals surface area contributed by atoms with E-state index < -0.39 is 0 Å². The summed E-state index contributed by atoms with van der Waals surface area (Å²) >= 11 is 2.02. The molecule has 1 saturated carbocycles. The Kier molecular flexibility index (Phi) is 9.16. The summed E-state index contributed by atoms with van der Waals surface area (Å²) in [6.07, 6.45) is 8.81. The van der Waals surface area contributed by atoms with Crippen molar-refractivity contribution in [1.29, 1.82) is 0 Å². The maximum atomic E-state index is 5.44. The van der Waals surface area contributed by atoms with Crippen LogP contribution in [0, 0.1) is 0 Å². The fraction of sp³-hybridized carbons (Fsp3) is 1.00. The lowest BCUT2D eigenvalue weighted by Gasteiger charge is -2.28. The molecule has 4 heteroatoms. The molecule has 17 heavy (non-hydrogen) atoms. The number of rotatable bonds is 9. The van der Waals surface area contributed by atoms with Crippen LogP contribution in [0.2, 0.25) is 0 Å². The van der Waals surface area contributed by atoms with Crippen molar-refractivity contribution >= 4 is 11.8 Å². The molecule has 0 spiro atoms. The Morgan fingerprint density at radius 1 is 1.24 bits per heavy atom. The molecule has 2 unspecified atom stereocenters. The highest BCUT2D eigenvalue weighted by Crippen LogP contribution is 2.26. The van der Waals surface area contributed by atoms with Gasteiger partial charge >= 0.3 is 0 Å². The van der Waals surface area contributed by atoms with Crippen molar-refractivity contribution in [1.82, 2.24) is 5.32 Å². The molecule has 1 rings (SSSR count). The van der Waals surface area contributed by atoms with Crippen molar-refractivity contribution in [3.05, 3.63) is 0 Å². The number of nitrogens with one attached hydrogen (secondary N) is 1. The highest BCUT2D eigenvalue weighted by Gasteiger charge is 2.20. The van der Waals surface area contributed by atoms with Crippen LogP contribution in [0.1, 0.15) is 32.1 Å². The molecule has 0 bridgehead atoms. The quantitative estimate of drug-likeness (QED) is 0.645. The standard InChI is InChI=1S/C13H27NO2S/c1-15-9-10-16-8-4-7-14-12-5-3-6-13(11-12)17-2/h12-14H,3-11H2,1-2H3. The van der Waals surface area contributed by atoms with E-state index in [1.807, 2.05) is 11.8 Å². The Labute approximate surface area is 110 Å². The second-order valence-electron chi connectivity index (χ2n) is 4.63. The first-order valence-electron chi connectivity index (χ1n) is 6.69. The van der Waals surface area contributed by atoms with Gasteiger partial charge in [0.05, 0.1) is 13.2 Å². The molecule has 1 aliphatic carbocycles. The minimum atomic E-state index is 0.700. The van der Waals surface area contributed by atoms with Crippen molar-refractivity contribution < 1.29 is 9.47 Å². The summed E-state index contributed by atoms with van der Waals surface area (Å²) in [6.45, 7) is 3.34. The number of hydrogen-bond acceptors (Lipinski definition) is 4. The fourth-order valence-electron chi connectivity index (χ4n) is 2.27. The van der Waals surface area contributed by atoms with E-state index in [9.17, 15) is 0 Å². The van der Waals surface area contributed by atoms with Crippen molar-refractivity contribution in [2.75, 3.05) is 39.7 Å². The molecule has 0 aromatic carbocycles. The van der Waals surface area contributed by atoms with Gasteiger partial charge in [-0.2, -0.15) is 11.8 Å². The number of methoxy groups -OCH3 is 1. The van der Waals surface area contributed by atoms with Gasteiger partial charge in [0, 0.05) is 25.0 Å². The predicted octanol–water partition coefficient (Wildman–Crippen LogP) is 2.30. The first-order chi connectivity index (χ1) is 8.36. The molecule has 0 heterocycles. The van der Waals surface area contributed by atoms with Crippen LogP contribution >= 0.6 is 11.8 Å². The molecule has 0 radical (unpaired) electrons. The average molecular weight is 261 g/mol. The highest BCUT2D eigenvalue weighted by molar-refractivity contribution is 7.99. The Balaban J connectivity index is 1.91. The summed E-state index contributed by atoms with van der Waals surface area (Å²) in [5.74, 6) is 0. The predicted molar refractivity (Wildman–Crippen MR) is 74.9 cm³/mol. The van der Waals surface area contributed by atoms with Gasteiger partial charge < -0.3 is 14.8 Å². The summed E-state index contributed by atoms with van der Waals surface area (Å²) in [6, 6.07) is 0.736. The molecule has 0 amide bonds. The lowest BCUT2D eigenvalue weighted by molar-refractivity contribution is 0.0691. The van der Waals surface area contributed by atoms with E-state index in [4.69, 9.17) is 9.47 Å². The third-order valence-corrected chi connectivity index (χ3v) is 4.38. The van der Waals surface area contributed by atoms with Crippen LogP contribution < -0.4 is 5.32 Å². The lowest BCUT2D eigenvalue weighted by Crippen LogP contribution is -2.35. The van der Waals surface area contributed by atoms with Crippen LogP contribution in [0.25, 0.3) is 0 Å². The van der Waals surface area contributed by atoms with Gasteiger partial charge in [0.2, 0.25) is 0 Å². The second kappa shape index (κ2) is 10.2. The zero-order chi connectivity index (χ0) is 12.3. The topological polar surface area (TPSA) is 30.5 Å². The normalized spacial score (nSPS) is 25.1. The molecular formula is C13H27NO2S. The Morgan fingerprint density at radius 2 is 2.12 bits per heavy atom. The van der Waals surface area contributed by atoms with E-state index in [2.05, 4.69) is 11.6 Å². The molecule has 2 atom stereocenters. The monoisotopic (exact) mass is 261 g/mol. The molecule has 0 aromatic heterocycles. The second-order valence-corrected chi connectivity index (χ2v) is 5.77. The van der Waals surface area contributed by atoms with Gasteiger partial charge in [0.15, 0.2) is 0 Å². The van der Waals surface area contributed by atoms with Crippen molar-refractivity contribution in [2.45, 2.75) is 43.4 Å². The van der Waals surface area contributed by atoms with E-state index in [-0.39, 0.29) is 0 Å². The molecule has 1 aliphatic rings. The summed E-state index contributed by atoms with van der Waals surface area (Å²) in [7, 11) is 1.70. The van der Waals surface area contributed by atoms with Crippen LogP contribution in [-0.4, -0.2) is 51.0 Å². The van der Waals surface area contributed by atoms with Crippen LogP contribution in [0.4, 0.5) is 0 Å². The molecule has 0 aromatic rings.